The van der Waals surface area contributed by atoms with Crippen LogP contribution >= 0.6 is 7.75 Å². The second kappa shape index (κ2) is 11.1. The summed E-state index contributed by atoms with van der Waals surface area (Å²) in [5.41, 5.74) is -3.19. The highest BCUT2D eigenvalue weighted by molar-refractivity contribution is 7.52. The quantitative estimate of drug-likeness (QED) is 0.231. The zero-order chi connectivity index (χ0) is 28.4. The number of rotatable bonds is 11. The Hall–Kier alpha value is -3.16. The van der Waals surface area contributed by atoms with E-state index in [4.69, 9.17) is 18.5 Å². The largest absolute Gasteiger partial charge is 0.465 e. The number of nitrogens with zero attached hydrogens (tertiary/aromatic N) is 4. The van der Waals surface area contributed by atoms with Gasteiger partial charge in [0.15, 0.2) is 17.1 Å². The van der Waals surface area contributed by atoms with Crippen molar-refractivity contribution in [2.24, 2.45) is 0 Å². The van der Waals surface area contributed by atoms with Crippen LogP contribution in [0, 0.1) is 0 Å². The summed E-state index contributed by atoms with van der Waals surface area (Å²) in [5.74, 6) is -0.0704. The fourth-order valence-electron chi connectivity index (χ4n) is 4.15. The first-order valence-electron chi connectivity index (χ1n) is 12.3. The average Bonchev–Trinajstić information content (AvgIpc) is 3.41. The number of benzene rings is 1. The lowest BCUT2D eigenvalue weighted by atomic mass is 9.93. The van der Waals surface area contributed by atoms with Crippen LogP contribution in [-0.2, 0) is 23.4 Å². The zero-order valence-electron chi connectivity index (χ0n) is 22.2. The van der Waals surface area contributed by atoms with E-state index in [-0.39, 0.29) is 18.1 Å². The molecule has 13 nitrogen and oxygen atoms in total. The molecule has 0 aliphatic carbocycles. The van der Waals surface area contributed by atoms with Crippen LogP contribution in [0.3, 0.4) is 0 Å². The Morgan fingerprint density at radius 2 is 2.03 bits per heavy atom. The molecule has 0 radical (unpaired) electrons. The number of hydrogen-bond acceptors (Lipinski definition) is 11. The number of esters is 1. The van der Waals surface area contributed by atoms with E-state index in [9.17, 15) is 14.5 Å². The predicted octanol–water partition coefficient (Wildman–Crippen LogP) is 2.83. The highest BCUT2D eigenvalue weighted by Crippen LogP contribution is 2.49. The number of nitrogens with one attached hydrogen (secondary N) is 2. The normalized spacial score (nSPS) is 24.8. The van der Waals surface area contributed by atoms with Crippen molar-refractivity contribution in [3.05, 3.63) is 48.5 Å². The zero-order valence-corrected chi connectivity index (χ0v) is 23.1. The van der Waals surface area contributed by atoms with Crippen LogP contribution in [0.2, 0.25) is 0 Å². The minimum Gasteiger partial charge on any atom is -0.465 e. The van der Waals surface area contributed by atoms with E-state index in [1.807, 2.05) is 0 Å². The van der Waals surface area contributed by atoms with Crippen molar-refractivity contribution >= 4 is 25.2 Å². The molecule has 1 aromatic carbocycles. The molecule has 15 heteroatoms. The lowest BCUT2D eigenvalue weighted by Gasteiger charge is -2.29. The number of halogens is 1. The molecule has 5 atom stereocenters. The van der Waals surface area contributed by atoms with Gasteiger partial charge in [-0.25, -0.2) is 23.4 Å². The lowest BCUT2D eigenvalue weighted by Crippen LogP contribution is -2.47. The molecule has 0 spiro atoms. The van der Waals surface area contributed by atoms with Gasteiger partial charge in [-0.15, -0.1) is 0 Å². The van der Waals surface area contributed by atoms with Crippen LogP contribution in [0.25, 0.3) is 5.65 Å². The molecule has 0 bridgehead atoms. The summed E-state index contributed by atoms with van der Waals surface area (Å²) in [4.78, 5) is 20.8. The van der Waals surface area contributed by atoms with E-state index < -0.39 is 49.8 Å². The van der Waals surface area contributed by atoms with Gasteiger partial charge in [-0.05, 0) is 39.8 Å². The highest BCUT2D eigenvalue weighted by Gasteiger charge is 2.56. The molecule has 1 aliphatic rings. The second-order valence-corrected chi connectivity index (χ2v) is 11.2. The van der Waals surface area contributed by atoms with Crippen LogP contribution in [0.15, 0.2) is 42.9 Å². The lowest BCUT2D eigenvalue weighted by molar-refractivity contribution is -0.149. The molecule has 3 heterocycles. The fraction of sp³-hybridized carbons (Fsp3) is 0.500. The first-order chi connectivity index (χ1) is 18.4. The maximum Gasteiger partial charge on any atom is 0.459 e. The van der Waals surface area contributed by atoms with Crippen LogP contribution in [0.5, 0.6) is 5.75 Å². The smallest absolute Gasteiger partial charge is 0.459 e. The van der Waals surface area contributed by atoms with Crippen molar-refractivity contribution in [3.8, 4) is 5.75 Å². The number of aromatic nitrogens is 4. The van der Waals surface area contributed by atoms with Gasteiger partial charge in [0.05, 0.1) is 25.1 Å². The third-order valence-corrected chi connectivity index (χ3v) is 7.94. The molecule has 2 aromatic heterocycles. The summed E-state index contributed by atoms with van der Waals surface area (Å²) in [7, 11) is -2.64. The highest BCUT2D eigenvalue weighted by atomic mass is 31.2. The van der Waals surface area contributed by atoms with Crippen LogP contribution in [-0.4, -0.2) is 74.3 Å². The molecule has 212 valence electrons. The van der Waals surface area contributed by atoms with Crippen LogP contribution in [0.4, 0.5) is 10.2 Å². The Labute approximate surface area is 224 Å². The Morgan fingerprint density at radius 1 is 1.31 bits per heavy atom. The Balaban J connectivity index is 1.57. The summed E-state index contributed by atoms with van der Waals surface area (Å²) in [6.07, 6.45) is -1.58. The summed E-state index contributed by atoms with van der Waals surface area (Å²) in [6.45, 7) is 5.30. The Morgan fingerprint density at radius 3 is 2.69 bits per heavy atom. The fourth-order valence-corrected chi connectivity index (χ4v) is 5.83. The van der Waals surface area contributed by atoms with E-state index in [1.54, 1.807) is 44.3 Å². The molecule has 1 unspecified atom stereocenters. The van der Waals surface area contributed by atoms with E-state index in [0.29, 0.717) is 11.5 Å². The van der Waals surface area contributed by atoms with E-state index in [1.165, 1.54) is 37.8 Å². The van der Waals surface area contributed by atoms with Crippen LogP contribution in [0.1, 0.15) is 39.5 Å². The topological polar surface area (TPSA) is 158 Å². The number of imidazole rings is 1. The number of ether oxygens (including phenoxy) is 2. The first-order valence-corrected chi connectivity index (χ1v) is 13.8. The SMILES string of the molecule is CCOC(=O)C(C)(C)NP(=O)(OC[C@H]1O[C@@H](c2cnc3c(NC)ncnn23)[C@](C)(F)[C@@H]1O)Oc1ccccc1. The number of aliphatic hydroxyl groups excluding tert-OH is 1. The molecule has 4 rings (SSSR count). The molecule has 1 fully saturated rings. The van der Waals surface area contributed by atoms with Gasteiger partial charge in [0, 0.05) is 7.05 Å². The van der Waals surface area contributed by atoms with Gasteiger partial charge in [0.2, 0.25) is 0 Å². The standard InChI is InChI=1S/C24H32FN6O7P/c1-6-35-22(33)23(2,3)30-39(34,38-15-10-8-7-9-11-15)36-13-17-18(32)24(4,25)19(37-17)16-12-27-21-20(26-5)28-14-29-31(16)21/h7-12,14,17-19,32H,6,13H2,1-5H3,(H,30,34)(H,26,28,29)/t17-,18-,19+,24-,39?/m1/s1. The third-order valence-electron chi connectivity index (χ3n) is 6.17. The van der Waals surface area contributed by atoms with Crippen molar-refractivity contribution in [2.75, 3.05) is 25.6 Å². The number of para-hydroxylation sites is 1. The maximum absolute atomic E-state index is 15.9. The van der Waals surface area contributed by atoms with Gasteiger partial charge in [0.1, 0.15) is 35.9 Å². The van der Waals surface area contributed by atoms with Gasteiger partial charge < -0.3 is 24.4 Å². The van der Waals surface area contributed by atoms with Gasteiger partial charge >= 0.3 is 13.7 Å². The van der Waals surface area contributed by atoms with E-state index in [2.05, 4.69) is 25.5 Å². The monoisotopic (exact) mass is 566 g/mol. The van der Waals surface area contributed by atoms with E-state index >= 15 is 4.39 Å². The van der Waals surface area contributed by atoms with Crippen LogP contribution < -0.4 is 14.9 Å². The number of carbonyl (C=O) groups is 1. The molecular formula is C24H32FN6O7P. The number of alkyl halides is 1. The minimum atomic E-state index is -4.30. The van der Waals surface area contributed by atoms with Gasteiger partial charge in [-0.3, -0.25) is 9.32 Å². The molecule has 3 N–H and O–H groups in total. The second-order valence-electron chi connectivity index (χ2n) is 9.58. The molecule has 3 aromatic rings. The van der Waals surface area contributed by atoms with Gasteiger partial charge in [-0.1, -0.05) is 18.2 Å². The van der Waals surface area contributed by atoms with Crippen molar-refractivity contribution in [1.82, 2.24) is 24.7 Å². The molecular weight excluding hydrogens is 534 g/mol. The predicted molar refractivity (Wildman–Crippen MR) is 138 cm³/mol. The molecule has 1 saturated heterocycles. The van der Waals surface area contributed by atoms with E-state index in [0.717, 1.165) is 0 Å². The number of anilines is 1. The molecule has 1 aliphatic heterocycles. The summed E-state index contributed by atoms with van der Waals surface area (Å²) in [5, 5.41) is 20.5. The summed E-state index contributed by atoms with van der Waals surface area (Å²) in [6, 6.07) is 8.17. The van der Waals surface area contributed by atoms with Gasteiger partial charge in [0.25, 0.3) is 0 Å². The number of fused-ring (bicyclic) bond motifs is 1. The molecule has 39 heavy (non-hydrogen) atoms. The third kappa shape index (κ3) is 5.89. The minimum absolute atomic E-state index is 0.108. The molecule has 0 amide bonds. The average molecular weight is 567 g/mol. The van der Waals surface area contributed by atoms with Crippen molar-refractivity contribution in [3.63, 3.8) is 0 Å². The Kier molecular flexibility index (Phi) is 8.24. The first kappa shape index (κ1) is 28.8. The van der Waals surface area contributed by atoms with Crippen molar-refractivity contribution < 1.29 is 37.4 Å². The number of hydrogen-bond donors (Lipinski definition) is 3. The maximum atomic E-state index is 15.9. The Bertz CT molecular complexity index is 1360. The van der Waals surface area contributed by atoms with Crippen molar-refractivity contribution in [2.45, 2.75) is 57.2 Å². The summed E-state index contributed by atoms with van der Waals surface area (Å²) < 4.78 is 53.4. The molecule has 0 saturated carbocycles. The number of aliphatic hydroxyl groups is 1. The summed E-state index contributed by atoms with van der Waals surface area (Å²) >= 11 is 0. The van der Waals surface area contributed by atoms with Gasteiger partial charge in [-0.2, -0.15) is 10.2 Å². The number of carbonyl (C=O) groups excluding carboxylic acids is 1. The van der Waals surface area contributed by atoms with Crippen molar-refractivity contribution in [1.29, 1.82) is 0 Å².